The van der Waals surface area contributed by atoms with E-state index in [0.717, 1.165) is 20.1 Å². The van der Waals surface area contributed by atoms with Crippen LogP contribution in [0.2, 0.25) is 0 Å². The molecule has 0 aliphatic rings. The maximum absolute atomic E-state index is 11.9. The summed E-state index contributed by atoms with van der Waals surface area (Å²) < 4.78 is 1.75. The summed E-state index contributed by atoms with van der Waals surface area (Å²) in [5, 5.41) is 3.96. The molecule has 0 aromatic heterocycles. The Bertz CT molecular complexity index is 669. The molecule has 1 amide bonds. The van der Waals surface area contributed by atoms with Crippen molar-refractivity contribution in [1.29, 1.82) is 0 Å². The molecule has 3 nitrogen and oxygen atoms in total. The van der Waals surface area contributed by atoms with Gasteiger partial charge in [-0.1, -0.05) is 40.2 Å². The maximum Gasteiger partial charge on any atom is 0.272 e. The Morgan fingerprint density at radius 3 is 2.60 bits per heavy atom. The smallest absolute Gasteiger partial charge is 0.267 e. The van der Waals surface area contributed by atoms with Crippen molar-refractivity contribution in [3.63, 3.8) is 0 Å². The summed E-state index contributed by atoms with van der Waals surface area (Å²) in [4.78, 5) is 11.9. The first-order chi connectivity index (χ1) is 9.58. The number of hydrogen-bond donors (Lipinski definition) is 1. The van der Waals surface area contributed by atoms with E-state index in [1.165, 1.54) is 0 Å². The van der Waals surface area contributed by atoms with Gasteiger partial charge in [0.25, 0.3) is 5.91 Å². The normalized spacial score (nSPS) is 10.8. The molecular formula is C15H12Br2N2O. The number of nitrogens with one attached hydrogen (secondary N) is 1. The zero-order chi connectivity index (χ0) is 14.5. The van der Waals surface area contributed by atoms with Crippen LogP contribution in [0.15, 0.2) is 56.5 Å². The second-order valence-electron chi connectivity index (χ2n) is 4.19. The van der Waals surface area contributed by atoms with Gasteiger partial charge in [0.1, 0.15) is 0 Å². The molecule has 0 bridgehead atoms. The molecule has 0 aliphatic heterocycles. The van der Waals surface area contributed by atoms with Crippen LogP contribution >= 0.6 is 31.9 Å². The lowest BCUT2D eigenvalue weighted by Crippen LogP contribution is -2.18. The molecule has 0 spiro atoms. The molecule has 1 N–H and O–H groups in total. The summed E-state index contributed by atoms with van der Waals surface area (Å²) >= 11 is 6.79. The SMILES string of the molecule is Cc1ccc(/C=N/NC(=O)c2ccccc2Br)cc1Br. The monoisotopic (exact) mass is 394 g/mol. The van der Waals surface area contributed by atoms with Crippen LogP contribution in [0.1, 0.15) is 21.5 Å². The summed E-state index contributed by atoms with van der Waals surface area (Å²) in [5.74, 6) is -0.250. The van der Waals surface area contributed by atoms with E-state index in [4.69, 9.17) is 0 Å². The first-order valence-corrected chi connectivity index (χ1v) is 7.50. The van der Waals surface area contributed by atoms with Gasteiger partial charge >= 0.3 is 0 Å². The standard InChI is InChI=1S/C15H12Br2N2O/c1-10-6-7-11(8-14(10)17)9-18-19-15(20)12-4-2-3-5-13(12)16/h2-9H,1H3,(H,19,20)/b18-9+. The largest absolute Gasteiger partial charge is 0.272 e. The van der Waals surface area contributed by atoms with Gasteiger partial charge in [-0.25, -0.2) is 5.43 Å². The molecule has 0 fully saturated rings. The first-order valence-electron chi connectivity index (χ1n) is 5.92. The van der Waals surface area contributed by atoms with Gasteiger partial charge in [-0.3, -0.25) is 4.79 Å². The predicted octanol–water partition coefficient (Wildman–Crippen LogP) is 4.28. The van der Waals surface area contributed by atoms with Gasteiger partial charge in [-0.15, -0.1) is 0 Å². The van der Waals surface area contributed by atoms with Crippen LogP contribution in [0.5, 0.6) is 0 Å². The van der Waals surface area contributed by atoms with E-state index in [1.54, 1.807) is 18.3 Å². The van der Waals surface area contributed by atoms with Gasteiger partial charge < -0.3 is 0 Å². The molecule has 2 aromatic carbocycles. The minimum atomic E-state index is -0.250. The molecule has 0 saturated carbocycles. The summed E-state index contributed by atoms with van der Waals surface area (Å²) in [5.41, 5.74) is 5.12. The van der Waals surface area contributed by atoms with Crippen molar-refractivity contribution >= 4 is 44.0 Å². The highest BCUT2D eigenvalue weighted by molar-refractivity contribution is 9.10. The molecule has 5 heteroatoms. The highest BCUT2D eigenvalue weighted by atomic mass is 79.9. The zero-order valence-corrected chi connectivity index (χ0v) is 13.9. The second kappa shape index (κ2) is 6.81. The summed E-state index contributed by atoms with van der Waals surface area (Å²) in [6.45, 7) is 2.01. The Labute approximate surface area is 134 Å². The number of carbonyl (C=O) groups excluding carboxylic acids is 1. The van der Waals surface area contributed by atoms with Crippen molar-refractivity contribution in [2.24, 2.45) is 5.10 Å². The van der Waals surface area contributed by atoms with Gasteiger partial charge in [0.2, 0.25) is 0 Å². The lowest BCUT2D eigenvalue weighted by atomic mass is 10.2. The Hall–Kier alpha value is -1.46. The molecular weight excluding hydrogens is 384 g/mol. The van der Waals surface area contributed by atoms with Crippen molar-refractivity contribution in [2.75, 3.05) is 0 Å². The predicted molar refractivity (Wildman–Crippen MR) is 88.1 cm³/mol. The van der Waals surface area contributed by atoms with Crippen LogP contribution in [0.3, 0.4) is 0 Å². The minimum Gasteiger partial charge on any atom is -0.267 e. The maximum atomic E-state index is 11.9. The summed E-state index contributed by atoms with van der Waals surface area (Å²) in [7, 11) is 0. The van der Waals surface area contributed by atoms with Crippen LogP contribution in [-0.2, 0) is 0 Å². The number of benzene rings is 2. The zero-order valence-electron chi connectivity index (χ0n) is 10.7. The van der Waals surface area contributed by atoms with Gasteiger partial charge in [-0.05, 0) is 52.2 Å². The van der Waals surface area contributed by atoms with E-state index in [-0.39, 0.29) is 5.91 Å². The van der Waals surface area contributed by atoms with Crippen LogP contribution in [0, 0.1) is 6.92 Å². The van der Waals surface area contributed by atoms with Crippen LogP contribution < -0.4 is 5.43 Å². The van der Waals surface area contributed by atoms with E-state index in [2.05, 4.69) is 42.4 Å². The Morgan fingerprint density at radius 2 is 1.90 bits per heavy atom. The molecule has 0 atom stereocenters. The topological polar surface area (TPSA) is 41.5 Å². The van der Waals surface area contributed by atoms with Crippen molar-refractivity contribution in [3.05, 3.63) is 68.1 Å². The highest BCUT2D eigenvalue weighted by Gasteiger charge is 2.07. The fraction of sp³-hybridized carbons (Fsp3) is 0.0667. The van der Waals surface area contributed by atoms with Gasteiger partial charge in [0.15, 0.2) is 0 Å². The quantitative estimate of drug-likeness (QED) is 0.611. The van der Waals surface area contributed by atoms with Crippen molar-refractivity contribution in [3.8, 4) is 0 Å². The average molecular weight is 396 g/mol. The third-order valence-electron chi connectivity index (χ3n) is 2.69. The minimum absolute atomic E-state index is 0.250. The number of rotatable bonds is 3. The Kier molecular flexibility index (Phi) is 5.09. The molecule has 102 valence electrons. The molecule has 0 unspecified atom stereocenters. The number of hydrogen-bond acceptors (Lipinski definition) is 2. The molecule has 0 saturated heterocycles. The van der Waals surface area contributed by atoms with Crippen LogP contribution in [-0.4, -0.2) is 12.1 Å². The van der Waals surface area contributed by atoms with E-state index in [0.29, 0.717) is 5.56 Å². The number of nitrogens with zero attached hydrogens (tertiary/aromatic N) is 1. The number of aryl methyl sites for hydroxylation is 1. The lowest BCUT2D eigenvalue weighted by Gasteiger charge is -2.02. The van der Waals surface area contributed by atoms with Gasteiger partial charge in [0, 0.05) is 8.95 Å². The number of halogens is 2. The molecule has 20 heavy (non-hydrogen) atoms. The molecule has 0 aliphatic carbocycles. The number of amides is 1. The van der Waals surface area contributed by atoms with Crippen molar-refractivity contribution in [2.45, 2.75) is 6.92 Å². The van der Waals surface area contributed by atoms with Gasteiger partial charge in [0.05, 0.1) is 11.8 Å². The third-order valence-corrected chi connectivity index (χ3v) is 4.24. The highest BCUT2D eigenvalue weighted by Crippen LogP contribution is 2.17. The van der Waals surface area contributed by atoms with E-state index in [9.17, 15) is 4.79 Å². The Morgan fingerprint density at radius 1 is 1.15 bits per heavy atom. The van der Waals surface area contributed by atoms with E-state index in [1.807, 2.05) is 37.3 Å². The van der Waals surface area contributed by atoms with Crippen LogP contribution in [0.4, 0.5) is 0 Å². The first kappa shape index (κ1) is 14.9. The summed E-state index contributed by atoms with van der Waals surface area (Å²) in [6, 6.07) is 13.1. The molecule has 0 heterocycles. The Balaban J connectivity index is 2.05. The molecule has 2 rings (SSSR count). The van der Waals surface area contributed by atoms with E-state index < -0.39 is 0 Å². The third kappa shape index (κ3) is 3.77. The fourth-order valence-corrected chi connectivity index (χ4v) is 2.42. The second-order valence-corrected chi connectivity index (χ2v) is 5.90. The average Bonchev–Trinajstić information content (AvgIpc) is 2.43. The number of hydrazone groups is 1. The van der Waals surface area contributed by atoms with E-state index >= 15 is 0 Å². The lowest BCUT2D eigenvalue weighted by molar-refractivity contribution is 0.0954. The molecule has 2 aromatic rings. The van der Waals surface area contributed by atoms with Gasteiger partial charge in [-0.2, -0.15) is 5.10 Å². The van der Waals surface area contributed by atoms with Crippen LogP contribution in [0.25, 0.3) is 0 Å². The molecule has 0 radical (unpaired) electrons. The summed E-state index contributed by atoms with van der Waals surface area (Å²) in [6.07, 6.45) is 1.61. The number of carbonyl (C=O) groups is 1. The van der Waals surface area contributed by atoms with Crippen molar-refractivity contribution in [1.82, 2.24) is 5.43 Å². The van der Waals surface area contributed by atoms with Crippen molar-refractivity contribution < 1.29 is 4.79 Å². The fourth-order valence-electron chi connectivity index (χ4n) is 1.56.